The van der Waals surface area contributed by atoms with Crippen LogP contribution >= 0.6 is 0 Å². The van der Waals surface area contributed by atoms with E-state index in [4.69, 9.17) is 0 Å². The third-order valence-corrected chi connectivity index (χ3v) is 7.17. The lowest BCUT2D eigenvalue weighted by atomic mass is 9.86. The molecule has 6 nitrogen and oxygen atoms in total. The molecule has 1 aromatic heterocycles. The normalized spacial score (nSPS) is 15.8. The fraction of sp³-hybridized carbons (Fsp3) is 0.200. The van der Waals surface area contributed by atoms with Crippen molar-refractivity contribution in [2.45, 2.75) is 30.2 Å². The van der Waals surface area contributed by atoms with Gasteiger partial charge in [-0.25, -0.2) is 8.42 Å². The molecule has 1 aliphatic rings. The van der Waals surface area contributed by atoms with Crippen LogP contribution in [0.4, 0.5) is 5.69 Å². The maximum absolute atomic E-state index is 11.8. The molecule has 1 unspecified atom stereocenters. The number of rotatable bonds is 4. The molecule has 3 aromatic carbocycles. The Labute approximate surface area is 186 Å². The third kappa shape index (κ3) is 3.74. The molecule has 0 amide bonds. The summed E-state index contributed by atoms with van der Waals surface area (Å²) in [4.78, 5) is 0.291. The zero-order valence-electron chi connectivity index (χ0n) is 17.6. The molecule has 32 heavy (non-hydrogen) atoms. The van der Waals surface area contributed by atoms with Gasteiger partial charge >= 0.3 is 0 Å². The highest BCUT2D eigenvalue weighted by Gasteiger charge is 2.21. The Morgan fingerprint density at radius 3 is 2.66 bits per heavy atom. The Hall–Kier alpha value is -3.63. The summed E-state index contributed by atoms with van der Waals surface area (Å²) in [5, 5.41) is 21.4. The summed E-state index contributed by atoms with van der Waals surface area (Å²) in [5.74, 6) is 0. The molecule has 2 N–H and O–H groups in total. The minimum absolute atomic E-state index is 0.188. The zero-order chi connectivity index (χ0) is 22.3. The third-order valence-electron chi connectivity index (χ3n) is 6.05. The summed E-state index contributed by atoms with van der Waals surface area (Å²) in [6, 6.07) is 21.3. The lowest BCUT2D eigenvalue weighted by Gasteiger charge is -2.27. The van der Waals surface area contributed by atoms with Crippen LogP contribution in [0, 0.1) is 11.3 Å². The summed E-state index contributed by atoms with van der Waals surface area (Å²) in [6.45, 7) is 0. The van der Waals surface area contributed by atoms with Crippen molar-refractivity contribution in [3.63, 3.8) is 0 Å². The molecule has 0 bridgehead atoms. The average Bonchev–Trinajstić information content (AvgIpc) is 3.21. The number of H-pyrrole nitrogens is 1. The van der Waals surface area contributed by atoms with Gasteiger partial charge < -0.3 is 5.32 Å². The topological polar surface area (TPSA) is 98.6 Å². The van der Waals surface area contributed by atoms with Gasteiger partial charge in [-0.15, -0.1) is 0 Å². The van der Waals surface area contributed by atoms with Gasteiger partial charge in [0.2, 0.25) is 0 Å². The van der Waals surface area contributed by atoms with E-state index < -0.39 is 9.84 Å². The van der Waals surface area contributed by atoms with Gasteiger partial charge in [0.25, 0.3) is 0 Å². The highest BCUT2D eigenvalue weighted by molar-refractivity contribution is 7.90. The van der Waals surface area contributed by atoms with Crippen molar-refractivity contribution in [3.05, 3.63) is 77.4 Å². The number of aromatic amines is 1. The molecule has 0 aliphatic heterocycles. The van der Waals surface area contributed by atoms with E-state index in [1.54, 1.807) is 24.3 Å². The van der Waals surface area contributed by atoms with Crippen LogP contribution in [0.1, 0.15) is 35.6 Å². The van der Waals surface area contributed by atoms with Crippen LogP contribution in [0.2, 0.25) is 0 Å². The van der Waals surface area contributed by atoms with Crippen molar-refractivity contribution in [3.8, 4) is 17.3 Å². The van der Waals surface area contributed by atoms with Crippen molar-refractivity contribution in [2.24, 2.45) is 0 Å². The molecule has 1 heterocycles. The first-order valence-corrected chi connectivity index (χ1v) is 12.4. The number of sulfone groups is 1. The van der Waals surface area contributed by atoms with E-state index in [1.807, 2.05) is 24.3 Å². The Bertz CT molecular complexity index is 1460. The minimum Gasteiger partial charge on any atom is -0.378 e. The largest absolute Gasteiger partial charge is 0.378 e. The molecule has 0 spiro atoms. The highest BCUT2D eigenvalue weighted by atomic mass is 32.2. The monoisotopic (exact) mass is 442 g/mol. The van der Waals surface area contributed by atoms with Crippen LogP contribution in [0.3, 0.4) is 0 Å². The van der Waals surface area contributed by atoms with Crippen LogP contribution in [0.25, 0.3) is 22.2 Å². The van der Waals surface area contributed by atoms with Crippen molar-refractivity contribution in [2.75, 3.05) is 11.6 Å². The number of hydrogen-bond donors (Lipinski definition) is 2. The molecular weight excluding hydrogens is 420 g/mol. The van der Waals surface area contributed by atoms with E-state index in [9.17, 15) is 13.7 Å². The molecule has 0 fully saturated rings. The van der Waals surface area contributed by atoms with E-state index >= 15 is 0 Å². The quantitative estimate of drug-likeness (QED) is 0.464. The lowest BCUT2D eigenvalue weighted by molar-refractivity contribution is 0.600. The fourth-order valence-electron chi connectivity index (χ4n) is 4.42. The molecule has 0 saturated carbocycles. The predicted molar refractivity (Wildman–Crippen MR) is 125 cm³/mol. The SMILES string of the molecule is CS(=O)(=O)c1ccc(-c2n[nH]c3ccc(NC4CCCc5cc(C#N)ccc54)cc23)cc1. The standard InChI is InChI=1S/C25H22N4O2S/c1-32(30,31)20-9-6-17(7-10-20)25-22-14-19(8-12-24(22)28-29-25)27-23-4-2-3-18-13-16(15-26)5-11-21(18)23/h5-14,23,27H,2-4H2,1H3,(H,28,29). The number of fused-ring (bicyclic) bond motifs is 2. The van der Waals surface area contributed by atoms with E-state index in [1.165, 1.54) is 17.4 Å². The molecule has 0 radical (unpaired) electrons. The molecule has 1 atom stereocenters. The van der Waals surface area contributed by atoms with Gasteiger partial charge in [0.05, 0.1) is 33.8 Å². The van der Waals surface area contributed by atoms with Crippen LogP contribution in [0.5, 0.6) is 0 Å². The number of hydrogen-bond acceptors (Lipinski definition) is 5. The van der Waals surface area contributed by atoms with Crippen LogP contribution in [-0.4, -0.2) is 24.9 Å². The minimum atomic E-state index is -3.24. The number of anilines is 1. The maximum atomic E-state index is 11.8. The first-order valence-electron chi connectivity index (χ1n) is 10.5. The Balaban J connectivity index is 1.47. The second-order valence-corrected chi connectivity index (χ2v) is 10.3. The summed E-state index contributed by atoms with van der Waals surface area (Å²) in [5.41, 5.74) is 6.74. The summed E-state index contributed by atoms with van der Waals surface area (Å²) >= 11 is 0. The first-order chi connectivity index (χ1) is 15.4. The van der Waals surface area contributed by atoms with Gasteiger partial charge in [0.15, 0.2) is 9.84 Å². The Kier molecular flexibility index (Phi) is 4.95. The van der Waals surface area contributed by atoms with Crippen LogP contribution in [-0.2, 0) is 16.3 Å². The second kappa shape index (κ2) is 7.81. The molecule has 160 valence electrons. The Morgan fingerprint density at radius 1 is 1.09 bits per heavy atom. The van der Waals surface area contributed by atoms with Gasteiger partial charge in [-0.05, 0) is 72.9 Å². The molecule has 4 aromatic rings. The lowest BCUT2D eigenvalue weighted by Crippen LogP contribution is -2.17. The van der Waals surface area contributed by atoms with E-state index in [2.05, 4.69) is 33.7 Å². The number of benzene rings is 3. The summed E-state index contributed by atoms with van der Waals surface area (Å²) < 4.78 is 23.5. The van der Waals surface area contributed by atoms with Gasteiger partial charge in [-0.2, -0.15) is 10.4 Å². The molecule has 7 heteroatoms. The van der Waals surface area contributed by atoms with Crippen molar-refractivity contribution in [1.29, 1.82) is 5.26 Å². The van der Waals surface area contributed by atoms with E-state index in [0.29, 0.717) is 10.5 Å². The number of nitriles is 1. The molecule has 5 rings (SSSR count). The van der Waals surface area contributed by atoms with Gasteiger partial charge in [-0.1, -0.05) is 18.2 Å². The average molecular weight is 443 g/mol. The maximum Gasteiger partial charge on any atom is 0.175 e. The van der Waals surface area contributed by atoms with Crippen molar-refractivity contribution >= 4 is 26.4 Å². The number of nitrogens with one attached hydrogen (secondary N) is 2. The van der Waals surface area contributed by atoms with E-state index in [-0.39, 0.29) is 6.04 Å². The Morgan fingerprint density at radius 2 is 1.91 bits per heavy atom. The number of aryl methyl sites for hydroxylation is 1. The summed E-state index contributed by atoms with van der Waals surface area (Å²) in [7, 11) is -3.24. The smallest absolute Gasteiger partial charge is 0.175 e. The first kappa shape index (κ1) is 20.3. The van der Waals surface area contributed by atoms with E-state index in [0.717, 1.165) is 47.1 Å². The number of aromatic nitrogens is 2. The highest BCUT2D eigenvalue weighted by Crippen LogP contribution is 2.35. The van der Waals surface area contributed by atoms with Crippen molar-refractivity contribution < 1.29 is 8.42 Å². The van der Waals surface area contributed by atoms with Crippen LogP contribution < -0.4 is 5.32 Å². The molecule has 1 aliphatic carbocycles. The van der Waals surface area contributed by atoms with Gasteiger partial charge in [-0.3, -0.25) is 5.10 Å². The second-order valence-electron chi connectivity index (χ2n) is 8.24. The van der Waals surface area contributed by atoms with Gasteiger partial charge in [0.1, 0.15) is 0 Å². The zero-order valence-corrected chi connectivity index (χ0v) is 18.4. The molecular formula is C25H22N4O2S. The number of nitrogens with zero attached hydrogens (tertiary/aromatic N) is 2. The van der Waals surface area contributed by atoms with Crippen LogP contribution in [0.15, 0.2) is 65.6 Å². The predicted octanol–water partition coefficient (Wildman–Crippen LogP) is 4.99. The van der Waals surface area contributed by atoms with Gasteiger partial charge in [0, 0.05) is 22.9 Å². The van der Waals surface area contributed by atoms with Crippen molar-refractivity contribution in [1.82, 2.24) is 10.2 Å². The molecule has 0 saturated heterocycles. The fourth-order valence-corrected chi connectivity index (χ4v) is 5.05. The summed E-state index contributed by atoms with van der Waals surface area (Å²) in [6.07, 6.45) is 4.30.